The van der Waals surface area contributed by atoms with E-state index in [2.05, 4.69) is 9.97 Å². The molecule has 0 aliphatic heterocycles. The lowest BCUT2D eigenvalue weighted by Gasteiger charge is -1.99. The summed E-state index contributed by atoms with van der Waals surface area (Å²) in [5, 5.41) is 8.95. The number of furan rings is 1. The first-order valence-electron chi connectivity index (χ1n) is 5.27. The van der Waals surface area contributed by atoms with E-state index in [-0.39, 0.29) is 6.61 Å². The molecule has 84 valence electrons. The first-order valence-corrected chi connectivity index (χ1v) is 5.27. The van der Waals surface area contributed by atoms with Gasteiger partial charge in [0, 0.05) is 18.0 Å². The van der Waals surface area contributed by atoms with Crippen LogP contribution in [-0.4, -0.2) is 15.1 Å². The van der Waals surface area contributed by atoms with Crippen LogP contribution in [0, 0.1) is 0 Å². The highest BCUT2D eigenvalue weighted by Crippen LogP contribution is 2.24. The Bertz CT molecular complexity index is 661. The summed E-state index contributed by atoms with van der Waals surface area (Å²) in [4.78, 5) is 8.45. The van der Waals surface area contributed by atoms with Gasteiger partial charge in [0.25, 0.3) is 0 Å². The number of rotatable bonds is 2. The molecule has 4 heteroatoms. The Kier molecular flexibility index (Phi) is 2.34. The third-order valence-electron chi connectivity index (χ3n) is 2.57. The Morgan fingerprint density at radius 1 is 1.00 bits per heavy atom. The average Bonchev–Trinajstić information content (AvgIpc) is 2.87. The van der Waals surface area contributed by atoms with Gasteiger partial charge in [-0.3, -0.25) is 9.97 Å². The molecule has 4 nitrogen and oxygen atoms in total. The minimum atomic E-state index is -0.0899. The van der Waals surface area contributed by atoms with Gasteiger partial charge in [0.15, 0.2) is 0 Å². The van der Waals surface area contributed by atoms with Crippen molar-refractivity contribution in [3.63, 3.8) is 0 Å². The summed E-state index contributed by atoms with van der Waals surface area (Å²) in [6.07, 6.45) is 3.33. The van der Waals surface area contributed by atoms with Gasteiger partial charge in [0.05, 0.1) is 11.0 Å². The Balaban J connectivity index is 2.11. The second-order valence-electron chi connectivity index (χ2n) is 3.68. The van der Waals surface area contributed by atoms with Crippen molar-refractivity contribution in [2.45, 2.75) is 6.61 Å². The fraction of sp³-hybridized carbons (Fsp3) is 0.0769. The van der Waals surface area contributed by atoms with Crippen molar-refractivity contribution in [3.8, 4) is 11.3 Å². The zero-order valence-corrected chi connectivity index (χ0v) is 9.00. The van der Waals surface area contributed by atoms with E-state index in [1.165, 1.54) is 0 Å². The number of nitrogens with zero attached hydrogens (tertiary/aromatic N) is 2. The van der Waals surface area contributed by atoms with E-state index in [0.717, 1.165) is 22.4 Å². The van der Waals surface area contributed by atoms with E-state index in [4.69, 9.17) is 9.52 Å². The highest BCUT2D eigenvalue weighted by Gasteiger charge is 2.05. The van der Waals surface area contributed by atoms with Gasteiger partial charge in [-0.15, -0.1) is 0 Å². The van der Waals surface area contributed by atoms with Gasteiger partial charge in [0.1, 0.15) is 18.1 Å². The van der Waals surface area contributed by atoms with Gasteiger partial charge in [-0.05, 0) is 30.3 Å². The van der Waals surface area contributed by atoms with Crippen LogP contribution >= 0.6 is 0 Å². The van der Waals surface area contributed by atoms with Crippen LogP contribution in [0.4, 0.5) is 0 Å². The number of aliphatic hydroxyl groups is 1. The Labute approximate surface area is 97.6 Å². The standard InChI is InChI=1S/C13H10N2O2/c16-8-10-2-4-13(17-10)9-1-3-11-12(7-9)15-6-5-14-11/h1-7,16H,8H2. The molecule has 2 heterocycles. The molecule has 0 aliphatic rings. The number of aromatic nitrogens is 2. The number of aliphatic hydroxyl groups excluding tert-OH is 1. The summed E-state index contributed by atoms with van der Waals surface area (Å²) >= 11 is 0. The summed E-state index contributed by atoms with van der Waals surface area (Å²) in [5.41, 5.74) is 2.61. The minimum Gasteiger partial charge on any atom is -0.459 e. The number of hydrogen-bond donors (Lipinski definition) is 1. The van der Waals surface area contributed by atoms with E-state index in [1.54, 1.807) is 18.5 Å². The molecule has 0 saturated heterocycles. The van der Waals surface area contributed by atoms with Crippen LogP contribution in [0.3, 0.4) is 0 Å². The van der Waals surface area contributed by atoms with E-state index in [0.29, 0.717) is 5.76 Å². The molecule has 3 aromatic rings. The predicted octanol–water partition coefficient (Wildman–Crippen LogP) is 2.38. The summed E-state index contributed by atoms with van der Waals surface area (Å²) < 4.78 is 5.47. The van der Waals surface area contributed by atoms with Crippen LogP contribution in [0.25, 0.3) is 22.4 Å². The molecule has 0 bridgehead atoms. The molecule has 0 amide bonds. The molecule has 3 rings (SSSR count). The second-order valence-corrected chi connectivity index (χ2v) is 3.68. The third kappa shape index (κ3) is 1.79. The maximum absolute atomic E-state index is 8.95. The molecule has 0 atom stereocenters. The minimum absolute atomic E-state index is 0.0899. The van der Waals surface area contributed by atoms with Gasteiger partial charge >= 0.3 is 0 Å². The zero-order chi connectivity index (χ0) is 11.7. The average molecular weight is 226 g/mol. The summed E-state index contributed by atoms with van der Waals surface area (Å²) in [6, 6.07) is 9.34. The molecule has 0 radical (unpaired) electrons. The number of benzene rings is 1. The van der Waals surface area contributed by atoms with Crippen molar-refractivity contribution in [2.75, 3.05) is 0 Å². The predicted molar refractivity (Wildman–Crippen MR) is 63.2 cm³/mol. The van der Waals surface area contributed by atoms with Crippen LogP contribution in [0.2, 0.25) is 0 Å². The molecule has 0 saturated carbocycles. The fourth-order valence-electron chi connectivity index (χ4n) is 1.73. The normalized spacial score (nSPS) is 10.9. The monoisotopic (exact) mass is 226 g/mol. The van der Waals surface area contributed by atoms with E-state index in [1.807, 2.05) is 24.3 Å². The van der Waals surface area contributed by atoms with Gasteiger partial charge in [-0.1, -0.05) is 0 Å². The van der Waals surface area contributed by atoms with Crippen LogP contribution in [-0.2, 0) is 6.61 Å². The van der Waals surface area contributed by atoms with E-state index in [9.17, 15) is 0 Å². The van der Waals surface area contributed by atoms with E-state index >= 15 is 0 Å². The molecule has 0 unspecified atom stereocenters. The molecule has 1 N–H and O–H groups in total. The fourth-order valence-corrected chi connectivity index (χ4v) is 1.73. The molecular formula is C13H10N2O2. The Morgan fingerprint density at radius 2 is 1.82 bits per heavy atom. The van der Waals surface area contributed by atoms with Crippen molar-refractivity contribution in [2.24, 2.45) is 0 Å². The van der Waals surface area contributed by atoms with Crippen LogP contribution in [0.1, 0.15) is 5.76 Å². The van der Waals surface area contributed by atoms with Gasteiger partial charge in [-0.2, -0.15) is 0 Å². The molecule has 17 heavy (non-hydrogen) atoms. The molecule has 0 spiro atoms. The van der Waals surface area contributed by atoms with Crippen molar-refractivity contribution >= 4 is 11.0 Å². The largest absolute Gasteiger partial charge is 0.459 e. The molecule has 2 aromatic heterocycles. The van der Waals surface area contributed by atoms with Crippen LogP contribution in [0.15, 0.2) is 47.1 Å². The SMILES string of the molecule is OCc1ccc(-c2ccc3nccnc3c2)o1. The van der Waals surface area contributed by atoms with Crippen LogP contribution < -0.4 is 0 Å². The lowest BCUT2D eigenvalue weighted by Crippen LogP contribution is -1.83. The second kappa shape index (κ2) is 3.99. The summed E-state index contributed by atoms with van der Waals surface area (Å²) in [7, 11) is 0. The Morgan fingerprint density at radius 3 is 2.59 bits per heavy atom. The van der Waals surface area contributed by atoms with Gasteiger partial charge in [-0.25, -0.2) is 0 Å². The van der Waals surface area contributed by atoms with Gasteiger partial charge in [0.2, 0.25) is 0 Å². The molecule has 0 fully saturated rings. The first kappa shape index (κ1) is 9.99. The van der Waals surface area contributed by atoms with E-state index < -0.39 is 0 Å². The topological polar surface area (TPSA) is 59.2 Å². The lowest BCUT2D eigenvalue weighted by molar-refractivity contribution is 0.248. The molecular weight excluding hydrogens is 216 g/mol. The van der Waals surface area contributed by atoms with Gasteiger partial charge < -0.3 is 9.52 Å². The lowest BCUT2D eigenvalue weighted by atomic mass is 10.1. The summed E-state index contributed by atoms with van der Waals surface area (Å²) in [5.74, 6) is 1.28. The molecule has 0 aliphatic carbocycles. The zero-order valence-electron chi connectivity index (χ0n) is 9.00. The first-order chi connectivity index (χ1) is 8.36. The van der Waals surface area contributed by atoms with Crippen molar-refractivity contribution in [1.82, 2.24) is 9.97 Å². The highest BCUT2D eigenvalue weighted by atomic mass is 16.4. The van der Waals surface area contributed by atoms with Crippen molar-refractivity contribution in [1.29, 1.82) is 0 Å². The smallest absolute Gasteiger partial charge is 0.134 e. The highest BCUT2D eigenvalue weighted by molar-refractivity contribution is 5.79. The maximum Gasteiger partial charge on any atom is 0.134 e. The van der Waals surface area contributed by atoms with Crippen LogP contribution in [0.5, 0.6) is 0 Å². The number of hydrogen-bond acceptors (Lipinski definition) is 4. The maximum atomic E-state index is 8.95. The Hall–Kier alpha value is -2.20. The van der Waals surface area contributed by atoms with Crippen molar-refractivity contribution < 1.29 is 9.52 Å². The quantitative estimate of drug-likeness (QED) is 0.728. The third-order valence-corrected chi connectivity index (χ3v) is 2.57. The van der Waals surface area contributed by atoms with Crippen molar-refractivity contribution in [3.05, 3.63) is 48.5 Å². The summed E-state index contributed by atoms with van der Waals surface area (Å²) in [6.45, 7) is -0.0899. The molecule has 1 aromatic carbocycles. The number of fused-ring (bicyclic) bond motifs is 1.